The Bertz CT molecular complexity index is 620. The van der Waals surface area contributed by atoms with Gasteiger partial charge in [-0.25, -0.2) is 0 Å². The molecular formula is C15H15NO4. The van der Waals surface area contributed by atoms with Crippen LogP contribution in [0.15, 0.2) is 42.5 Å². The number of aliphatic hydroxyl groups is 1. The summed E-state index contributed by atoms with van der Waals surface area (Å²) in [5.41, 5.74) is 1.57. The minimum absolute atomic E-state index is 0.0739. The lowest BCUT2D eigenvalue weighted by atomic mass is 10.1. The number of rotatable bonds is 4. The van der Waals surface area contributed by atoms with Crippen molar-refractivity contribution in [2.45, 2.75) is 20.0 Å². The van der Waals surface area contributed by atoms with Crippen molar-refractivity contribution in [3.8, 4) is 11.5 Å². The maximum Gasteiger partial charge on any atom is 0.311 e. The number of hydrogen-bond acceptors (Lipinski definition) is 4. The first-order valence-corrected chi connectivity index (χ1v) is 6.18. The summed E-state index contributed by atoms with van der Waals surface area (Å²) >= 11 is 0. The van der Waals surface area contributed by atoms with Crippen LogP contribution in [-0.4, -0.2) is 10.0 Å². The van der Waals surface area contributed by atoms with Gasteiger partial charge in [-0.1, -0.05) is 18.2 Å². The molecule has 0 saturated heterocycles. The van der Waals surface area contributed by atoms with E-state index >= 15 is 0 Å². The molecule has 2 rings (SSSR count). The number of benzene rings is 2. The molecule has 2 aromatic rings. The molecule has 0 bridgehead atoms. The fraction of sp³-hybridized carbons (Fsp3) is 0.200. The minimum atomic E-state index is -0.558. The lowest BCUT2D eigenvalue weighted by molar-refractivity contribution is -0.385. The summed E-state index contributed by atoms with van der Waals surface area (Å²) in [6.45, 7) is 3.51. The fourth-order valence-electron chi connectivity index (χ4n) is 1.80. The van der Waals surface area contributed by atoms with E-state index in [1.807, 2.05) is 6.92 Å². The highest BCUT2D eigenvalue weighted by Crippen LogP contribution is 2.32. The van der Waals surface area contributed by atoms with Crippen LogP contribution < -0.4 is 4.74 Å². The molecule has 0 heterocycles. The van der Waals surface area contributed by atoms with Crippen molar-refractivity contribution in [3.63, 3.8) is 0 Å². The predicted molar refractivity (Wildman–Crippen MR) is 75.0 cm³/mol. The van der Waals surface area contributed by atoms with Crippen LogP contribution in [-0.2, 0) is 0 Å². The average molecular weight is 273 g/mol. The Kier molecular flexibility index (Phi) is 4.00. The van der Waals surface area contributed by atoms with Crippen molar-refractivity contribution in [2.75, 3.05) is 0 Å². The lowest BCUT2D eigenvalue weighted by Crippen LogP contribution is -1.95. The number of nitro groups is 1. The molecule has 1 N–H and O–H groups in total. The lowest BCUT2D eigenvalue weighted by Gasteiger charge is -2.09. The summed E-state index contributed by atoms with van der Waals surface area (Å²) in [5.74, 6) is 0.697. The van der Waals surface area contributed by atoms with Crippen LogP contribution in [0.5, 0.6) is 11.5 Å². The highest BCUT2D eigenvalue weighted by molar-refractivity contribution is 5.50. The Morgan fingerprint density at radius 3 is 2.40 bits per heavy atom. The van der Waals surface area contributed by atoms with E-state index in [4.69, 9.17) is 4.74 Å². The summed E-state index contributed by atoms with van der Waals surface area (Å²) < 4.78 is 5.56. The standard InChI is InChI=1S/C15H15NO4/c1-10-3-8-14(16(18)19)15(9-10)20-13-6-4-12(5-7-13)11(2)17/h3-9,11,17H,1-2H3/t11-/m1/s1. The molecule has 1 atom stereocenters. The van der Waals surface area contributed by atoms with Gasteiger partial charge in [0.2, 0.25) is 5.75 Å². The molecule has 0 aliphatic heterocycles. The van der Waals surface area contributed by atoms with E-state index in [0.717, 1.165) is 11.1 Å². The molecule has 0 aliphatic rings. The first kappa shape index (κ1) is 14.0. The van der Waals surface area contributed by atoms with Gasteiger partial charge in [0.15, 0.2) is 0 Å². The minimum Gasteiger partial charge on any atom is -0.450 e. The van der Waals surface area contributed by atoms with Gasteiger partial charge in [0, 0.05) is 6.07 Å². The van der Waals surface area contributed by atoms with E-state index in [0.29, 0.717) is 5.75 Å². The number of nitrogens with zero attached hydrogens (tertiary/aromatic N) is 1. The topological polar surface area (TPSA) is 72.6 Å². The van der Waals surface area contributed by atoms with E-state index < -0.39 is 11.0 Å². The van der Waals surface area contributed by atoms with Crippen LogP contribution in [0.4, 0.5) is 5.69 Å². The molecule has 0 aromatic heterocycles. The molecular weight excluding hydrogens is 258 g/mol. The quantitative estimate of drug-likeness (QED) is 0.680. The van der Waals surface area contributed by atoms with E-state index in [-0.39, 0.29) is 11.4 Å². The van der Waals surface area contributed by atoms with Gasteiger partial charge in [-0.15, -0.1) is 0 Å². The molecule has 0 aliphatic carbocycles. The van der Waals surface area contributed by atoms with Gasteiger partial charge in [-0.2, -0.15) is 0 Å². The summed E-state index contributed by atoms with van der Waals surface area (Å²) in [6, 6.07) is 11.5. The first-order chi connectivity index (χ1) is 9.47. The largest absolute Gasteiger partial charge is 0.450 e. The second-order valence-corrected chi connectivity index (χ2v) is 4.58. The third kappa shape index (κ3) is 3.13. The van der Waals surface area contributed by atoms with Gasteiger partial charge in [0.05, 0.1) is 11.0 Å². The van der Waals surface area contributed by atoms with Crippen LogP contribution in [0.3, 0.4) is 0 Å². The second kappa shape index (κ2) is 5.71. The Hall–Kier alpha value is -2.40. The normalized spacial score (nSPS) is 11.9. The predicted octanol–water partition coefficient (Wildman–Crippen LogP) is 3.75. The van der Waals surface area contributed by atoms with Crippen molar-refractivity contribution in [3.05, 3.63) is 63.7 Å². The molecule has 5 heteroatoms. The van der Waals surface area contributed by atoms with Crippen LogP contribution in [0.1, 0.15) is 24.2 Å². The summed E-state index contributed by atoms with van der Waals surface area (Å²) in [6.07, 6.45) is -0.558. The number of aliphatic hydroxyl groups excluding tert-OH is 1. The van der Waals surface area contributed by atoms with Crippen LogP contribution in [0, 0.1) is 17.0 Å². The summed E-state index contributed by atoms with van der Waals surface area (Å²) in [7, 11) is 0. The van der Waals surface area contributed by atoms with Crippen molar-refractivity contribution < 1.29 is 14.8 Å². The first-order valence-electron chi connectivity index (χ1n) is 6.18. The van der Waals surface area contributed by atoms with Crippen LogP contribution in [0.25, 0.3) is 0 Å². The number of nitro benzene ring substituents is 1. The van der Waals surface area contributed by atoms with Gasteiger partial charge in [-0.3, -0.25) is 10.1 Å². The molecule has 104 valence electrons. The third-order valence-corrected chi connectivity index (χ3v) is 2.90. The maximum absolute atomic E-state index is 11.0. The smallest absolute Gasteiger partial charge is 0.311 e. The zero-order chi connectivity index (χ0) is 14.7. The van der Waals surface area contributed by atoms with Crippen LogP contribution >= 0.6 is 0 Å². The molecule has 5 nitrogen and oxygen atoms in total. The number of hydrogen-bond donors (Lipinski definition) is 1. The number of ether oxygens (including phenoxy) is 1. The van der Waals surface area contributed by atoms with Crippen molar-refractivity contribution in [2.24, 2.45) is 0 Å². The molecule has 20 heavy (non-hydrogen) atoms. The average Bonchev–Trinajstić information content (AvgIpc) is 2.39. The van der Waals surface area contributed by atoms with E-state index in [2.05, 4.69) is 0 Å². The van der Waals surface area contributed by atoms with Crippen LogP contribution in [0.2, 0.25) is 0 Å². The molecule has 0 saturated carbocycles. The highest BCUT2D eigenvalue weighted by atomic mass is 16.6. The SMILES string of the molecule is Cc1ccc([N+](=O)[O-])c(Oc2ccc([C@@H](C)O)cc2)c1. The van der Waals surface area contributed by atoms with Gasteiger partial charge in [-0.05, 0) is 43.2 Å². The Morgan fingerprint density at radius 1 is 1.20 bits per heavy atom. The molecule has 0 fully saturated rings. The monoisotopic (exact) mass is 273 g/mol. The van der Waals surface area contributed by atoms with Gasteiger partial charge in [0.25, 0.3) is 0 Å². The van der Waals surface area contributed by atoms with Gasteiger partial charge >= 0.3 is 5.69 Å². The molecule has 0 radical (unpaired) electrons. The third-order valence-electron chi connectivity index (χ3n) is 2.90. The zero-order valence-electron chi connectivity index (χ0n) is 11.2. The van der Waals surface area contributed by atoms with Crippen molar-refractivity contribution in [1.29, 1.82) is 0 Å². The van der Waals surface area contributed by atoms with E-state index in [1.165, 1.54) is 6.07 Å². The Labute approximate surface area is 116 Å². The fourth-order valence-corrected chi connectivity index (χ4v) is 1.80. The molecule has 0 unspecified atom stereocenters. The van der Waals surface area contributed by atoms with E-state index in [9.17, 15) is 15.2 Å². The van der Waals surface area contributed by atoms with Gasteiger partial charge in [0.1, 0.15) is 5.75 Å². The second-order valence-electron chi connectivity index (χ2n) is 4.58. The maximum atomic E-state index is 11.0. The van der Waals surface area contributed by atoms with Gasteiger partial charge < -0.3 is 9.84 Å². The molecule has 0 amide bonds. The van der Waals surface area contributed by atoms with Crippen molar-refractivity contribution in [1.82, 2.24) is 0 Å². The molecule has 2 aromatic carbocycles. The zero-order valence-corrected chi connectivity index (χ0v) is 11.2. The number of aryl methyl sites for hydroxylation is 1. The summed E-state index contributed by atoms with van der Waals surface area (Å²) in [4.78, 5) is 10.5. The Balaban J connectivity index is 2.29. The highest BCUT2D eigenvalue weighted by Gasteiger charge is 2.15. The molecule has 0 spiro atoms. The van der Waals surface area contributed by atoms with Crippen molar-refractivity contribution >= 4 is 5.69 Å². The summed E-state index contributed by atoms with van der Waals surface area (Å²) in [5, 5.41) is 20.4. The Morgan fingerprint density at radius 2 is 1.85 bits per heavy atom. The van der Waals surface area contributed by atoms with E-state index in [1.54, 1.807) is 43.3 Å².